The number of amides is 1. The number of piperidine rings is 1. The minimum atomic E-state index is -0.443. The highest BCUT2D eigenvalue weighted by molar-refractivity contribution is 5.68. The number of likely N-dealkylation sites (tertiary alicyclic amines) is 1. The number of rotatable bonds is 2. The summed E-state index contributed by atoms with van der Waals surface area (Å²) < 4.78 is 11.4. The topological polar surface area (TPSA) is 59.0 Å². The molecule has 0 aromatic rings. The van der Waals surface area contributed by atoms with Gasteiger partial charge in [-0.2, -0.15) is 0 Å². The van der Waals surface area contributed by atoms with Crippen molar-refractivity contribution < 1.29 is 19.4 Å². The monoisotopic (exact) mass is 309 g/mol. The lowest BCUT2D eigenvalue weighted by Gasteiger charge is -2.38. The van der Waals surface area contributed by atoms with Crippen molar-refractivity contribution in [1.82, 2.24) is 4.90 Å². The van der Waals surface area contributed by atoms with Crippen LogP contribution in [0.4, 0.5) is 4.79 Å². The molecule has 0 aromatic heterocycles. The Balaban J connectivity index is 1.65. The quantitative estimate of drug-likeness (QED) is 0.794. The van der Waals surface area contributed by atoms with Gasteiger partial charge in [-0.15, -0.1) is 0 Å². The van der Waals surface area contributed by atoms with Crippen molar-refractivity contribution in [3.63, 3.8) is 0 Å². The molecule has 1 saturated carbocycles. The van der Waals surface area contributed by atoms with Gasteiger partial charge in [0.15, 0.2) is 0 Å². The van der Waals surface area contributed by atoms with E-state index >= 15 is 0 Å². The van der Waals surface area contributed by atoms with Gasteiger partial charge in [0.2, 0.25) is 0 Å². The number of hydrogen-bond acceptors (Lipinski definition) is 4. The van der Waals surface area contributed by atoms with Crippen molar-refractivity contribution in [2.24, 2.45) is 5.92 Å². The summed E-state index contributed by atoms with van der Waals surface area (Å²) in [6.45, 7) is 6.97. The lowest BCUT2D eigenvalue weighted by atomic mass is 9.82. The number of carbonyl (C=O) groups is 1. The van der Waals surface area contributed by atoms with Crippen LogP contribution in [0.15, 0.2) is 0 Å². The zero-order valence-electron chi connectivity index (χ0n) is 13.8. The summed E-state index contributed by atoms with van der Waals surface area (Å²) in [7, 11) is 0. The van der Waals surface area contributed by atoms with Crippen LogP contribution in [0.25, 0.3) is 0 Å². The molecule has 2 fully saturated rings. The van der Waals surface area contributed by atoms with Gasteiger partial charge < -0.3 is 19.5 Å². The summed E-state index contributed by atoms with van der Waals surface area (Å²) in [4.78, 5) is 13.7. The van der Waals surface area contributed by atoms with Crippen LogP contribution in [0.1, 0.15) is 46.5 Å². The van der Waals surface area contributed by atoms with Crippen LogP contribution < -0.4 is 0 Å². The van der Waals surface area contributed by atoms with Gasteiger partial charge in [0.05, 0.1) is 12.2 Å². The second-order valence-electron chi connectivity index (χ2n) is 7.07. The minimum Gasteiger partial charge on any atom is -0.444 e. The van der Waals surface area contributed by atoms with Gasteiger partial charge >= 0.3 is 6.09 Å². The Labute approximate surface area is 133 Å². The second kappa shape index (κ2) is 7.34. The van der Waals surface area contributed by atoms with Gasteiger partial charge in [-0.3, -0.25) is 0 Å². The largest absolute Gasteiger partial charge is 0.444 e. The third kappa shape index (κ3) is 5.19. The number of aliphatic hydroxyl groups excluding tert-OH is 1. The molecule has 5 nitrogen and oxygen atoms in total. The molecule has 2 aliphatic rings. The van der Waals surface area contributed by atoms with E-state index in [1.807, 2.05) is 20.8 Å². The maximum Gasteiger partial charge on any atom is 0.410 e. The smallest absolute Gasteiger partial charge is 0.410 e. The first-order valence-corrected chi connectivity index (χ1v) is 8.10. The van der Waals surface area contributed by atoms with Gasteiger partial charge in [0.25, 0.3) is 0 Å². The molecular weight excluding hydrogens is 282 g/mol. The van der Waals surface area contributed by atoms with Crippen LogP contribution in [0.3, 0.4) is 0 Å². The molecule has 0 unspecified atom stereocenters. The molecule has 1 N–H and O–H groups in total. The lowest BCUT2D eigenvalue weighted by Crippen LogP contribution is -2.45. The van der Waals surface area contributed by atoms with Gasteiger partial charge in [-0.05, 0) is 46.5 Å². The molecule has 0 bridgehead atoms. The van der Waals surface area contributed by atoms with Crippen molar-refractivity contribution in [3.05, 3.63) is 0 Å². The number of aliphatic hydroxyl groups is 1. The Bertz CT molecular complexity index is 432. The molecule has 5 heteroatoms. The molecule has 0 spiro atoms. The van der Waals surface area contributed by atoms with Crippen molar-refractivity contribution in [2.75, 3.05) is 19.7 Å². The van der Waals surface area contributed by atoms with E-state index in [2.05, 4.69) is 11.8 Å². The van der Waals surface area contributed by atoms with Gasteiger partial charge in [-0.25, -0.2) is 4.79 Å². The normalized spacial score (nSPS) is 25.9. The summed E-state index contributed by atoms with van der Waals surface area (Å²) in [5.41, 5.74) is -0.443. The van der Waals surface area contributed by atoms with E-state index < -0.39 is 5.60 Å². The third-order valence-electron chi connectivity index (χ3n) is 3.96. The highest BCUT2D eigenvalue weighted by Gasteiger charge is 2.33. The van der Waals surface area contributed by atoms with E-state index in [0.717, 1.165) is 25.7 Å². The van der Waals surface area contributed by atoms with E-state index in [4.69, 9.17) is 14.6 Å². The summed E-state index contributed by atoms with van der Waals surface area (Å²) >= 11 is 0. The first-order valence-electron chi connectivity index (χ1n) is 8.10. The van der Waals surface area contributed by atoms with E-state index in [0.29, 0.717) is 19.0 Å². The third-order valence-corrected chi connectivity index (χ3v) is 3.96. The molecule has 22 heavy (non-hydrogen) atoms. The molecule has 0 radical (unpaired) electrons. The van der Waals surface area contributed by atoms with E-state index in [1.54, 1.807) is 4.90 Å². The Kier molecular flexibility index (Phi) is 5.71. The predicted octanol–water partition coefficient (Wildman–Crippen LogP) is 2.18. The summed E-state index contributed by atoms with van der Waals surface area (Å²) in [5.74, 6) is 6.11. The van der Waals surface area contributed by atoms with E-state index in [1.165, 1.54) is 0 Å². The standard InChI is InChI=1S/C17H27NO4/c1-17(2,3)22-16(20)18-8-6-14(7-9-18)21-15-11-13(12-15)5-4-10-19/h13-15,19H,6-12H2,1-3H3/t13-,15-. The Morgan fingerprint density at radius 3 is 2.41 bits per heavy atom. The predicted molar refractivity (Wildman–Crippen MR) is 83.3 cm³/mol. The van der Waals surface area contributed by atoms with Crippen LogP contribution in [0.2, 0.25) is 0 Å². The molecule has 1 aliphatic carbocycles. The summed E-state index contributed by atoms with van der Waals surface area (Å²) in [5, 5.41) is 8.65. The first kappa shape index (κ1) is 17.1. The summed E-state index contributed by atoms with van der Waals surface area (Å²) in [6.07, 6.45) is 3.93. The fourth-order valence-corrected chi connectivity index (χ4v) is 2.76. The average Bonchev–Trinajstić information content (AvgIpc) is 2.40. The number of carbonyl (C=O) groups excluding carboxylic acids is 1. The van der Waals surface area contributed by atoms with Crippen LogP contribution in [-0.4, -0.2) is 53.6 Å². The van der Waals surface area contributed by atoms with E-state index in [9.17, 15) is 4.79 Å². The minimum absolute atomic E-state index is 0.0643. The van der Waals surface area contributed by atoms with Crippen molar-refractivity contribution in [1.29, 1.82) is 0 Å². The zero-order valence-corrected chi connectivity index (χ0v) is 13.8. The molecule has 124 valence electrons. The van der Waals surface area contributed by atoms with Crippen LogP contribution >= 0.6 is 0 Å². The molecule has 0 atom stereocenters. The molecule has 2 rings (SSSR count). The Morgan fingerprint density at radius 2 is 1.86 bits per heavy atom. The zero-order chi connectivity index (χ0) is 16.2. The van der Waals surface area contributed by atoms with Crippen molar-refractivity contribution >= 4 is 6.09 Å². The Morgan fingerprint density at radius 1 is 1.23 bits per heavy atom. The first-order chi connectivity index (χ1) is 10.4. The average molecular weight is 309 g/mol. The number of nitrogens with zero attached hydrogens (tertiary/aromatic N) is 1. The molecule has 1 aliphatic heterocycles. The highest BCUT2D eigenvalue weighted by atomic mass is 16.6. The van der Waals surface area contributed by atoms with Gasteiger partial charge in [0, 0.05) is 19.0 Å². The molecule has 1 saturated heterocycles. The van der Waals surface area contributed by atoms with Crippen molar-refractivity contribution in [2.45, 2.75) is 64.3 Å². The van der Waals surface area contributed by atoms with Crippen LogP contribution in [0.5, 0.6) is 0 Å². The fourth-order valence-electron chi connectivity index (χ4n) is 2.76. The molecule has 1 heterocycles. The maximum absolute atomic E-state index is 12.0. The highest BCUT2D eigenvalue weighted by Crippen LogP contribution is 2.32. The molecule has 0 aromatic carbocycles. The maximum atomic E-state index is 12.0. The number of hydrogen-bond donors (Lipinski definition) is 1. The van der Waals surface area contributed by atoms with Gasteiger partial charge in [0.1, 0.15) is 12.2 Å². The Hall–Kier alpha value is -1.25. The van der Waals surface area contributed by atoms with Crippen LogP contribution in [0, 0.1) is 17.8 Å². The molecule has 1 amide bonds. The van der Waals surface area contributed by atoms with Crippen molar-refractivity contribution in [3.8, 4) is 11.8 Å². The SMILES string of the molecule is CC(C)(C)OC(=O)N1CCC(O[C@H]2C[C@H](C#CCO)C2)CC1. The van der Waals surface area contributed by atoms with Gasteiger partial charge in [-0.1, -0.05) is 11.8 Å². The molecular formula is C17H27NO4. The summed E-state index contributed by atoms with van der Waals surface area (Å²) in [6, 6.07) is 0. The fraction of sp³-hybridized carbons (Fsp3) is 0.824. The van der Waals surface area contributed by atoms with Crippen LogP contribution in [-0.2, 0) is 9.47 Å². The number of ether oxygens (including phenoxy) is 2. The van der Waals surface area contributed by atoms with E-state index in [-0.39, 0.29) is 24.9 Å². The lowest BCUT2D eigenvalue weighted by molar-refractivity contribution is -0.0849. The second-order valence-corrected chi connectivity index (χ2v) is 7.07.